The van der Waals surface area contributed by atoms with Gasteiger partial charge in [-0.2, -0.15) is 0 Å². The van der Waals surface area contributed by atoms with Crippen molar-refractivity contribution in [2.24, 2.45) is 11.7 Å². The minimum absolute atomic E-state index is 0. The van der Waals surface area contributed by atoms with Gasteiger partial charge in [-0.15, -0.1) is 0 Å². The van der Waals surface area contributed by atoms with Crippen molar-refractivity contribution in [1.82, 2.24) is 5.32 Å². The Morgan fingerprint density at radius 2 is 1.41 bits per heavy atom. The average molecular weight is 321 g/mol. The highest BCUT2D eigenvalue weighted by molar-refractivity contribution is 5.75. The predicted octanol–water partition coefficient (Wildman–Crippen LogP) is 5.77. The van der Waals surface area contributed by atoms with Crippen LogP contribution in [0.15, 0.2) is 0 Å². The Balaban J connectivity index is -0.000000185. The van der Waals surface area contributed by atoms with Crippen LogP contribution in [0.5, 0.6) is 0 Å². The molecule has 0 rings (SSSR count). The summed E-state index contributed by atoms with van der Waals surface area (Å²) in [6.07, 6.45) is 10.0. The first-order chi connectivity index (χ1) is 10.7. The highest BCUT2D eigenvalue weighted by Gasteiger charge is 2.01. The van der Waals surface area contributed by atoms with Crippen LogP contribution in [-0.4, -0.2) is 19.0 Å². The lowest BCUT2D eigenvalue weighted by molar-refractivity contribution is -0.121. The molecule has 3 nitrogen and oxygen atoms in total. The summed E-state index contributed by atoms with van der Waals surface area (Å²) in [6.45, 7) is 14.1. The molecule has 0 aliphatic rings. The summed E-state index contributed by atoms with van der Waals surface area (Å²) >= 11 is 0. The molecule has 22 heavy (non-hydrogen) atoms. The van der Waals surface area contributed by atoms with Crippen molar-refractivity contribution in [2.75, 3.05) is 13.1 Å². The number of rotatable bonds is 12. The van der Waals surface area contributed by atoms with Gasteiger partial charge in [0.25, 0.3) is 0 Å². The Labute approximate surface area is 143 Å². The molecular formula is C19H48N2O. The van der Waals surface area contributed by atoms with Crippen molar-refractivity contribution in [3.63, 3.8) is 0 Å². The lowest BCUT2D eigenvalue weighted by Crippen LogP contribution is -2.24. The van der Waals surface area contributed by atoms with Gasteiger partial charge in [-0.1, -0.05) is 67.2 Å². The van der Waals surface area contributed by atoms with Gasteiger partial charge in [-0.05, 0) is 38.1 Å². The van der Waals surface area contributed by atoms with Gasteiger partial charge >= 0.3 is 0 Å². The van der Waals surface area contributed by atoms with Gasteiger partial charge < -0.3 is 11.1 Å². The molecule has 0 aromatic carbocycles. The molecule has 3 heteroatoms. The summed E-state index contributed by atoms with van der Waals surface area (Å²) in [5.74, 6) is 0.955. The fourth-order valence-electron chi connectivity index (χ4n) is 1.96. The normalized spacial score (nSPS) is 9.45. The number of amides is 1. The standard InChI is InChI=1S/C15H32N2O.2C2H6.2H2/c1-14(2)10-9-13-17-15(18)11-7-5-3-4-6-8-12-16;2*1-2;;/h14H,3-13,16H2,1-2H3,(H,17,18);2*1-2H3;2*1H. The third-order valence-electron chi connectivity index (χ3n) is 3.14. The van der Waals surface area contributed by atoms with E-state index in [9.17, 15) is 4.79 Å². The molecule has 0 atom stereocenters. The fourth-order valence-corrected chi connectivity index (χ4v) is 1.96. The van der Waals surface area contributed by atoms with Crippen molar-refractivity contribution in [2.45, 2.75) is 99.3 Å². The summed E-state index contributed by atoms with van der Waals surface area (Å²) < 4.78 is 0. The van der Waals surface area contributed by atoms with E-state index in [-0.39, 0.29) is 8.76 Å². The number of unbranched alkanes of at least 4 members (excludes halogenated alkanes) is 5. The third-order valence-corrected chi connectivity index (χ3v) is 3.14. The smallest absolute Gasteiger partial charge is 0.219 e. The largest absolute Gasteiger partial charge is 0.356 e. The lowest BCUT2D eigenvalue weighted by atomic mass is 10.1. The first-order valence-electron chi connectivity index (χ1n) is 9.63. The zero-order chi connectivity index (χ0) is 17.6. The quantitative estimate of drug-likeness (QED) is 0.448. The van der Waals surface area contributed by atoms with E-state index in [1.807, 2.05) is 27.7 Å². The van der Waals surface area contributed by atoms with Gasteiger partial charge in [0.1, 0.15) is 0 Å². The Bertz CT molecular complexity index is 204. The first-order valence-corrected chi connectivity index (χ1v) is 9.63. The number of carbonyl (C=O) groups excluding carboxylic acids is 1. The molecule has 0 saturated carbocycles. The Morgan fingerprint density at radius 3 is 1.91 bits per heavy atom. The second-order valence-electron chi connectivity index (χ2n) is 5.55. The number of nitrogens with two attached hydrogens (primary N) is 1. The summed E-state index contributed by atoms with van der Waals surface area (Å²) in [5.41, 5.74) is 5.43. The van der Waals surface area contributed by atoms with E-state index in [4.69, 9.17) is 5.73 Å². The van der Waals surface area contributed by atoms with Gasteiger partial charge in [-0.25, -0.2) is 0 Å². The van der Waals surface area contributed by atoms with Crippen LogP contribution in [0, 0.1) is 5.92 Å². The topological polar surface area (TPSA) is 55.1 Å². The molecule has 1 amide bonds. The fraction of sp³-hybridized carbons (Fsp3) is 0.947. The van der Waals surface area contributed by atoms with Crippen LogP contribution in [0.2, 0.25) is 0 Å². The monoisotopic (exact) mass is 320 g/mol. The van der Waals surface area contributed by atoms with Crippen LogP contribution in [0.4, 0.5) is 0 Å². The van der Waals surface area contributed by atoms with Gasteiger partial charge in [-0.3, -0.25) is 4.79 Å². The summed E-state index contributed by atoms with van der Waals surface area (Å²) in [6, 6.07) is 0. The lowest BCUT2D eigenvalue weighted by Gasteiger charge is -2.06. The van der Waals surface area contributed by atoms with Crippen molar-refractivity contribution in [3.05, 3.63) is 0 Å². The molecule has 140 valence electrons. The molecule has 0 spiro atoms. The van der Waals surface area contributed by atoms with E-state index < -0.39 is 0 Å². The van der Waals surface area contributed by atoms with Crippen LogP contribution in [-0.2, 0) is 4.79 Å². The highest BCUT2D eigenvalue weighted by atomic mass is 16.1. The van der Waals surface area contributed by atoms with Crippen molar-refractivity contribution >= 4 is 5.91 Å². The van der Waals surface area contributed by atoms with Gasteiger partial charge in [0, 0.05) is 15.8 Å². The summed E-state index contributed by atoms with van der Waals surface area (Å²) in [4.78, 5) is 11.5. The molecule has 3 N–H and O–H groups in total. The van der Waals surface area contributed by atoms with Crippen molar-refractivity contribution in [3.8, 4) is 0 Å². The molecule has 0 aromatic heterocycles. The minimum Gasteiger partial charge on any atom is -0.356 e. The van der Waals surface area contributed by atoms with Crippen LogP contribution in [0.1, 0.15) is 102 Å². The number of carbonyl (C=O) groups is 1. The van der Waals surface area contributed by atoms with Gasteiger partial charge in [0.15, 0.2) is 0 Å². The highest BCUT2D eigenvalue weighted by Crippen LogP contribution is 2.07. The molecule has 0 aliphatic heterocycles. The van der Waals surface area contributed by atoms with E-state index in [0.29, 0.717) is 6.42 Å². The van der Waals surface area contributed by atoms with E-state index in [1.54, 1.807) is 0 Å². The molecule has 0 heterocycles. The molecule has 0 radical (unpaired) electrons. The Kier molecular flexibility index (Phi) is 30.4. The number of nitrogens with one attached hydrogen (secondary N) is 1. The molecule has 0 bridgehead atoms. The second-order valence-corrected chi connectivity index (χ2v) is 5.55. The van der Waals surface area contributed by atoms with E-state index in [1.165, 1.54) is 32.1 Å². The van der Waals surface area contributed by atoms with Gasteiger partial charge in [0.2, 0.25) is 5.91 Å². The van der Waals surface area contributed by atoms with E-state index in [2.05, 4.69) is 19.2 Å². The van der Waals surface area contributed by atoms with Crippen LogP contribution < -0.4 is 11.1 Å². The van der Waals surface area contributed by atoms with E-state index in [0.717, 1.165) is 38.3 Å². The van der Waals surface area contributed by atoms with Crippen LogP contribution in [0.3, 0.4) is 0 Å². The summed E-state index contributed by atoms with van der Waals surface area (Å²) in [7, 11) is 0. The summed E-state index contributed by atoms with van der Waals surface area (Å²) in [5, 5.41) is 2.99. The zero-order valence-electron chi connectivity index (χ0n) is 16.3. The van der Waals surface area contributed by atoms with Crippen molar-refractivity contribution < 1.29 is 7.65 Å². The van der Waals surface area contributed by atoms with Crippen LogP contribution >= 0.6 is 0 Å². The average Bonchev–Trinajstić information content (AvgIpc) is 2.54. The molecule has 0 saturated heterocycles. The first kappa shape index (κ1) is 26.3. The predicted molar refractivity (Wildman–Crippen MR) is 105 cm³/mol. The minimum atomic E-state index is 0. The third kappa shape index (κ3) is 27.7. The SMILES string of the molecule is CC.CC.CC(C)CCCNC(=O)CCCCCCCCN.[HH].[HH]. The Hall–Kier alpha value is -0.570. The van der Waals surface area contributed by atoms with E-state index >= 15 is 0 Å². The molecule has 0 unspecified atom stereocenters. The maximum absolute atomic E-state index is 11.5. The molecule has 0 aromatic rings. The maximum Gasteiger partial charge on any atom is 0.219 e. The van der Waals surface area contributed by atoms with Crippen LogP contribution in [0.25, 0.3) is 0 Å². The molecular weight excluding hydrogens is 272 g/mol. The maximum atomic E-state index is 11.5. The van der Waals surface area contributed by atoms with Crippen molar-refractivity contribution in [1.29, 1.82) is 0 Å². The van der Waals surface area contributed by atoms with Gasteiger partial charge in [0.05, 0.1) is 0 Å². The zero-order valence-corrected chi connectivity index (χ0v) is 16.3. The number of hydrogen-bond donors (Lipinski definition) is 2. The number of hydrogen-bond acceptors (Lipinski definition) is 2. The molecule has 0 fully saturated rings. The Morgan fingerprint density at radius 1 is 0.909 bits per heavy atom. The molecule has 0 aliphatic carbocycles. The second kappa shape index (κ2) is 25.4.